The summed E-state index contributed by atoms with van der Waals surface area (Å²) in [6.45, 7) is 6.73. The molecule has 0 spiro atoms. The Labute approximate surface area is 158 Å². The van der Waals surface area contributed by atoms with Crippen LogP contribution in [0, 0.1) is 5.92 Å². The standard InChI is InChI=1S/C21H25N3O3/c1-5-24-17-9-7-6-8-15(17)16-12-14(10-11-18(16)24)22-20(25)19(13(2)3)23-21(26)27-4/h6-13,19H,5H2,1-4H3,(H,22,25)(H,23,26). The van der Waals surface area contributed by atoms with Gasteiger partial charge < -0.3 is 19.9 Å². The molecule has 0 saturated carbocycles. The molecule has 6 heteroatoms. The highest BCUT2D eigenvalue weighted by molar-refractivity contribution is 6.10. The van der Waals surface area contributed by atoms with E-state index in [9.17, 15) is 9.59 Å². The van der Waals surface area contributed by atoms with Crippen LogP contribution in [-0.2, 0) is 16.1 Å². The van der Waals surface area contributed by atoms with Crippen LogP contribution in [-0.4, -0.2) is 29.7 Å². The van der Waals surface area contributed by atoms with Crippen molar-refractivity contribution >= 4 is 39.5 Å². The number of carbonyl (C=O) groups is 2. The second-order valence-corrected chi connectivity index (χ2v) is 6.84. The van der Waals surface area contributed by atoms with Gasteiger partial charge in [-0.05, 0) is 37.1 Å². The van der Waals surface area contributed by atoms with Crippen LogP contribution < -0.4 is 10.6 Å². The topological polar surface area (TPSA) is 72.4 Å². The minimum atomic E-state index is -0.676. The molecule has 1 heterocycles. The molecule has 0 aliphatic heterocycles. The maximum atomic E-state index is 12.7. The molecule has 2 N–H and O–H groups in total. The van der Waals surface area contributed by atoms with Crippen molar-refractivity contribution in [1.29, 1.82) is 0 Å². The number of carbonyl (C=O) groups excluding carboxylic acids is 2. The molecule has 1 atom stereocenters. The zero-order chi connectivity index (χ0) is 19.6. The van der Waals surface area contributed by atoms with Gasteiger partial charge in [-0.3, -0.25) is 4.79 Å². The van der Waals surface area contributed by atoms with E-state index in [0.29, 0.717) is 5.69 Å². The Morgan fingerprint density at radius 3 is 2.44 bits per heavy atom. The summed E-state index contributed by atoms with van der Waals surface area (Å²) < 4.78 is 6.88. The molecule has 142 valence electrons. The van der Waals surface area contributed by atoms with E-state index >= 15 is 0 Å². The average Bonchev–Trinajstić information content (AvgIpc) is 2.98. The van der Waals surface area contributed by atoms with Crippen LogP contribution >= 0.6 is 0 Å². The Morgan fingerprint density at radius 1 is 1.07 bits per heavy atom. The van der Waals surface area contributed by atoms with Crippen LogP contribution in [0.5, 0.6) is 0 Å². The second-order valence-electron chi connectivity index (χ2n) is 6.84. The monoisotopic (exact) mass is 367 g/mol. The molecule has 0 aliphatic carbocycles. The third-order valence-electron chi connectivity index (χ3n) is 4.76. The van der Waals surface area contributed by atoms with E-state index in [2.05, 4.69) is 39.0 Å². The van der Waals surface area contributed by atoms with Gasteiger partial charge in [0.05, 0.1) is 7.11 Å². The Bertz CT molecular complexity index is 991. The van der Waals surface area contributed by atoms with Gasteiger partial charge in [0.1, 0.15) is 6.04 Å². The van der Waals surface area contributed by atoms with E-state index in [1.54, 1.807) is 0 Å². The first-order valence-corrected chi connectivity index (χ1v) is 9.12. The number of nitrogens with zero attached hydrogens (tertiary/aromatic N) is 1. The summed E-state index contributed by atoms with van der Waals surface area (Å²) in [6.07, 6.45) is -0.620. The van der Waals surface area contributed by atoms with Crippen LogP contribution in [0.1, 0.15) is 20.8 Å². The largest absolute Gasteiger partial charge is 0.453 e. The number of ether oxygens (including phenoxy) is 1. The number of para-hydroxylation sites is 1. The number of benzene rings is 2. The normalized spacial score (nSPS) is 12.3. The van der Waals surface area contributed by atoms with E-state index in [-0.39, 0.29) is 11.8 Å². The number of alkyl carbamates (subject to hydrolysis) is 1. The van der Waals surface area contributed by atoms with Crippen LogP contribution in [0.3, 0.4) is 0 Å². The van der Waals surface area contributed by atoms with Crippen molar-refractivity contribution in [3.05, 3.63) is 42.5 Å². The first kappa shape index (κ1) is 18.8. The van der Waals surface area contributed by atoms with E-state index in [0.717, 1.165) is 22.8 Å². The Kier molecular flexibility index (Phi) is 5.35. The van der Waals surface area contributed by atoms with Crippen LogP contribution in [0.15, 0.2) is 42.5 Å². The second kappa shape index (κ2) is 7.70. The zero-order valence-electron chi connectivity index (χ0n) is 16.1. The molecular formula is C21H25N3O3. The smallest absolute Gasteiger partial charge is 0.407 e. The third-order valence-corrected chi connectivity index (χ3v) is 4.76. The summed E-state index contributed by atoms with van der Waals surface area (Å²) in [5.41, 5.74) is 3.00. The number of amides is 2. The summed E-state index contributed by atoms with van der Waals surface area (Å²) in [5.74, 6) is -0.344. The van der Waals surface area contributed by atoms with Crippen molar-refractivity contribution in [2.24, 2.45) is 5.92 Å². The number of rotatable bonds is 5. The number of aromatic nitrogens is 1. The van der Waals surface area contributed by atoms with Crippen LogP contribution in [0.4, 0.5) is 10.5 Å². The summed E-state index contributed by atoms with van der Waals surface area (Å²) >= 11 is 0. The number of hydrogen-bond acceptors (Lipinski definition) is 3. The minimum Gasteiger partial charge on any atom is -0.453 e. The molecule has 0 saturated heterocycles. The SMILES string of the molecule is CCn1c2ccccc2c2cc(NC(=O)C(NC(=O)OC)C(C)C)ccc21. The van der Waals surface area contributed by atoms with Gasteiger partial charge in [-0.2, -0.15) is 0 Å². The van der Waals surface area contributed by atoms with Crippen molar-refractivity contribution in [2.45, 2.75) is 33.4 Å². The van der Waals surface area contributed by atoms with E-state index < -0.39 is 12.1 Å². The maximum Gasteiger partial charge on any atom is 0.407 e. The fourth-order valence-electron chi connectivity index (χ4n) is 3.41. The predicted octanol–water partition coefficient (Wildman–Crippen LogP) is 4.13. The number of nitrogens with one attached hydrogen (secondary N) is 2. The van der Waals surface area contributed by atoms with Gasteiger partial charge in [-0.15, -0.1) is 0 Å². The molecule has 0 aliphatic rings. The fraction of sp³-hybridized carbons (Fsp3) is 0.333. The molecule has 2 amide bonds. The average molecular weight is 367 g/mol. The van der Waals surface area contributed by atoms with Gasteiger partial charge >= 0.3 is 6.09 Å². The van der Waals surface area contributed by atoms with Crippen LogP contribution in [0.2, 0.25) is 0 Å². The van der Waals surface area contributed by atoms with Crippen molar-refractivity contribution in [2.75, 3.05) is 12.4 Å². The Hall–Kier alpha value is -3.02. The lowest BCUT2D eigenvalue weighted by molar-refractivity contribution is -0.119. The van der Waals surface area contributed by atoms with E-state index in [4.69, 9.17) is 0 Å². The Balaban J connectivity index is 1.94. The molecule has 0 fully saturated rings. The number of aryl methyl sites for hydroxylation is 1. The van der Waals surface area contributed by atoms with Crippen molar-refractivity contribution in [3.8, 4) is 0 Å². The van der Waals surface area contributed by atoms with E-state index in [1.165, 1.54) is 12.6 Å². The summed E-state index contributed by atoms with van der Waals surface area (Å²) in [6, 6.07) is 13.5. The number of hydrogen-bond donors (Lipinski definition) is 2. The quantitative estimate of drug-likeness (QED) is 0.712. The highest BCUT2D eigenvalue weighted by atomic mass is 16.5. The lowest BCUT2D eigenvalue weighted by Crippen LogP contribution is -2.47. The first-order valence-electron chi connectivity index (χ1n) is 9.12. The molecule has 3 rings (SSSR count). The van der Waals surface area contributed by atoms with Gasteiger partial charge in [0.15, 0.2) is 0 Å². The fourth-order valence-corrected chi connectivity index (χ4v) is 3.41. The molecule has 1 aromatic heterocycles. The van der Waals surface area contributed by atoms with Gasteiger partial charge in [0, 0.05) is 34.0 Å². The summed E-state index contributed by atoms with van der Waals surface area (Å²) in [5, 5.41) is 7.75. The van der Waals surface area contributed by atoms with Gasteiger partial charge in [0.25, 0.3) is 0 Å². The molecule has 3 aromatic rings. The van der Waals surface area contributed by atoms with Gasteiger partial charge in [-0.25, -0.2) is 4.79 Å². The molecule has 0 radical (unpaired) electrons. The third kappa shape index (κ3) is 3.60. The van der Waals surface area contributed by atoms with Crippen molar-refractivity contribution in [3.63, 3.8) is 0 Å². The van der Waals surface area contributed by atoms with Gasteiger partial charge in [-0.1, -0.05) is 32.0 Å². The molecule has 0 bridgehead atoms. The van der Waals surface area contributed by atoms with Crippen molar-refractivity contribution < 1.29 is 14.3 Å². The summed E-state index contributed by atoms with van der Waals surface area (Å²) in [7, 11) is 1.28. The predicted molar refractivity (Wildman–Crippen MR) is 108 cm³/mol. The molecule has 6 nitrogen and oxygen atoms in total. The van der Waals surface area contributed by atoms with Gasteiger partial charge in [0.2, 0.25) is 5.91 Å². The molecule has 2 aromatic carbocycles. The minimum absolute atomic E-state index is 0.0742. The van der Waals surface area contributed by atoms with Crippen molar-refractivity contribution in [1.82, 2.24) is 9.88 Å². The highest BCUT2D eigenvalue weighted by Gasteiger charge is 2.24. The maximum absolute atomic E-state index is 12.7. The number of anilines is 1. The highest BCUT2D eigenvalue weighted by Crippen LogP contribution is 2.31. The van der Waals surface area contributed by atoms with E-state index in [1.807, 2.05) is 44.2 Å². The lowest BCUT2D eigenvalue weighted by atomic mass is 10.0. The number of methoxy groups -OCH3 is 1. The zero-order valence-corrected chi connectivity index (χ0v) is 16.1. The lowest BCUT2D eigenvalue weighted by Gasteiger charge is -2.21. The molecule has 27 heavy (non-hydrogen) atoms. The first-order chi connectivity index (χ1) is 13.0. The van der Waals surface area contributed by atoms with Crippen LogP contribution in [0.25, 0.3) is 21.8 Å². The number of fused-ring (bicyclic) bond motifs is 3. The molecular weight excluding hydrogens is 342 g/mol. The Morgan fingerprint density at radius 2 is 1.78 bits per heavy atom. The molecule has 1 unspecified atom stereocenters. The summed E-state index contributed by atoms with van der Waals surface area (Å²) in [4.78, 5) is 24.2.